The van der Waals surface area contributed by atoms with Crippen LogP contribution in [0.2, 0.25) is 5.02 Å². The van der Waals surface area contributed by atoms with Gasteiger partial charge >= 0.3 is 0 Å². The number of carbonyl (C=O) groups is 1. The molecule has 0 radical (unpaired) electrons. The van der Waals surface area contributed by atoms with E-state index >= 15 is 0 Å². The van der Waals surface area contributed by atoms with Crippen LogP contribution in [0.3, 0.4) is 0 Å². The molecule has 0 saturated heterocycles. The number of methoxy groups -OCH3 is 1. The summed E-state index contributed by atoms with van der Waals surface area (Å²) in [6.45, 7) is 0.144. The van der Waals surface area contributed by atoms with E-state index in [-0.39, 0.29) is 18.2 Å². The van der Waals surface area contributed by atoms with Crippen molar-refractivity contribution in [1.29, 1.82) is 0 Å². The number of nitrogens with one attached hydrogen (secondary N) is 1. The summed E-state index contributed by atoms with van der Waals surface area (Å²) in [5.41, 5.74) is 7.02. The first-order valence-electron chi connectivity index (χ1n) is 6.20. The second-order valence-corrected chi connectivity index (χ2v) is 4.85. The van der Waals surface area contributed by atoms with Crippen molar-refractivity contribution in [3.05, 3.63) is 52.5 Å². The molecule has 0 aliphatic heterocycles. The molecule has 0 fully saturated rings. The van der Waals surface area contributed by atoms with Gasteiger partial charge < -0.3 is 20.9 Å². The van der Waals surface area contributed by atoms with Crippen LogP contribution < -0.4 is 15.8 Å². The van der Waals surface area contributed by atoms with Crippen LogP contribution in [0.1, 0.15) is 15.9 Å². The van der Waals surface area contributed by atoms with Crippen LogP contribution in [0.15, 0.2) is 36.4 Å². The number of rotatable bonds is 4. The maximum Gasteiger partial charge on any atom is 0.255 e. The minimum atomic E-state index is -0.351. The van der Waals surface area contributed by atoms with Crippen molar-refractivity contribution in [2.75, 3.05) is 12.8 Å². The van der Waals surface area contributed by atoms with Crippen molar-refractivity contribution in [1.82, 2.24) is 5.32 Å². The number of halogens is 1. The SMILES string of the molecule is COc1ccc(Cl)cc1C(=O)NCc1cc(N)ccc1O. The average Bonchev–Trinajstić information content (AvgIpc) is 2.47. The molecule has 0 unspecified atom stereocenters. The Morgan fingerprint density at radius 1 is 1.33 bits per heavy atom. The molecule has 0 bridgehead atoms. The van der Waals surface area contributed by atoms with Crippen LogP contribution in [0.4, 0.5) is 5.69 Å². The molecule has 5 nitrogen and oxygen atoms in total. The smallest absolute Gasteiger partial charge is 0.255 e. The normalized spacial score (nSPS) is 10.2. The number of phenolic OH excluding ortho intramolecular Hbond substituents is 1. The van der Waals surface area contributed by atoms with E-state index in [9.17, 15) is 9.90 Å². The number of nitrogen functional groups attached to an aromatic ring is 1. The molecule has 0 heterocycles. The number of hydrogen-bond acceptors (Lipinski definition) is 4. The van der Waals surface area contributed by atoms with Crippen LogP contribution in [0, 0.1) is 0 Å². The van der Waals surface area contributed by atoms with Gasteiger partial charge in [0, 0.05) is 22.8 Å². The number of aromatic hydroxyl groups is 1. The summed E-state index contributed by atoms with van der Waals surface area (Å²) in [6, 6.07) is 9.45. The summed E-state index contributed by atoms with van der Waals surface area (Å²) < 4.78 is 5.13. The highest BCUT2D eigenvalue weighted by Crippen LogP contribution is 2.23. The average molecular weight is 307 g/mol. The fraction of sp³-hybridized carbons (Fsp3) is 0.133. The molecule has 2 aromatic rings. The Balaban J connectivity index is 2.15. The van der Waals surface area contributed by atoms with Crippen LogP contribution in [0.5, 0.6) is 11.5 Å². The first kappa shape index (κ1) is 15.0. The number of ether oxygens (including phenoxy) is 1. The molecular weight excluding hydrogens is 292 g/mol. The van der Waals surface area contributed by atoms with Gasteiger partial charge in [-0.2, -0.15) is 0 Å². The van der Waals surface area contributed by atoms with E-state index in [1.807, 2.05) is 0 Å². The fourth-order valence-corrected chi connectivity index (χ4v) is 2.05. The van der Waals surface area contributed by atoms with Crippen molar-refractivity contribution >= 4 is 23.2 Å². The number of amides is 1. The van der Waals surface area contributed by atoms with Gasteiger partial charge in [0.05, 0.1) is 12.7 Å². The van der Waals surface area contributed by atoms with Crippen molar-refractivity contribution in [3.63, 3.8) is 0 Å². The lowest BCUT2D eigenvalue weighted by molar-refractivity contribution is 0.0947. The largest absolute Gasteiger partial charge is 0.508 e. The molecule has 2 aromatic carbocycles. The van der Waals surface area contributed by atoms with E-state index < -0.39 is 0 Å². The minimum Gasteiger partial charge on any atom is -0.508 e. The van der Waals surface area contributed by atoms with E-state index in [1.165, 1.54) is 19.2 Å². The molecular formula is C15H15ClN2O3. The molecule has 0 saturated carbocycles. The lowest BCUT2D eigenvalue weighted by Crippen LogP contribution is -2.23. The first-order valence-corrected chi connectivity index (χ1v) is 6.58. The van der Waals surface area contributed by atoms with Gasteiger partial charge in [0.1, 0.15) is 11.5 Å². The second-order valence-electron chi connectivity index (χ2n) is 4.42. The van der Waals surface area contributed by atoms with Gasteiger partial charge in [-0.15, -0.1) is 0 Å². The molecule has 0 aromatic heterocycles. The van der Waals surface area contributed by atoms with Crippen LogP contribution in [0.25, 0.3) is 0 Å². The minimum absolute atomic E-state index is 0.0718. The number of phenols is 1. The predicted octanol–water partition coefficient (Wildman–Crippen LogP) is 2.57. The maximum absolute atomic E-state index is 12.2. The van der Waals surface area contributed by atoms with Gasteiger partial charge in [0.25, 0.3) is 5.91 Å². The van der Waals surface area contributed by atoms with Crippen molar-refractivity contribution in [3.8, 4) is 11.5 Å². The van der Waals surface area contributed by atoms with E-state index in [4.69, 9.17) is 22.1 Å². The molecule has 0 aliphatic rings. The third-order valence-corrected chi connectivity index (χ3v) is 3.18. The summed E-state index contributed by atoms with van der Waals surface area (Å²) in [4.78, 5) is 12.2. The summed E-state index contributed by atoms with van der Waals surface area (Å²) in [6.07, 6.45) is 0. The Kier molecular flexibility index (Phi) is 4.55. The van der Waals surface area contributed by atoms with Crippen molar-refractivity contribution < 1.29 is 14.6 Å². The Morgan fingerprint density at radius 3 is 2.81 bits per heavy atom. The van der Waals surface area contributed by atoms with E-state index in [0.29, 0.717) is 27.6 Å². The van der Waals surface area contributed by atoms with E-state index in [1.54, 1.807) is 24.3 Å². The highest BCUT2D eigenvalue weighted by atomic mass is 35.5. The second kappa shape index (κ2) is 6.37. The van der Waals surface area contributed by atoms with Crippen LogP contribution in [-0.4, -0.2) is 18.1 Å². The lowest BCUT2D eigenvalue weighted by atomic mass is 10.1. The zero-order valence-electron chi connectivity index (χ0n) is 11.4. The Hall–Kier alpha value is -2.40. The highest BCUT2D eigenvalue weighted by Gasteiger charge is 2.13. The number of nitrogens with two attached hydrogens (primary N) is 1. The zero-order valence-corrected chi connectivity index (χ0v) is 12.1. The Labute approximate surface area is 127 Å². The standard InChI is InChI=1S/C15H15ClN2O3/c1-21-14-5-2-10(16)7-12(14)15(20)18-8-9-6-11(17)3-4-13(9)19/h2-7,19H,8,17H2,1H3,(H,18,20). The number of carbonyl (C=O) groups excluding carboxylic acids is 1. The third-order valence-electron chi connectivity index (χ3n) is 2.95. The summed E-state index contributed by atoms with van der Waals surface area (Å²) >= 11 is 5.89. The van der Waals surface area contributed by atoms with Gasteiger partial charge in [-0.05, 0) is 36.4 Å². The van der Waals surface area contributed by atoms with Gasteiger partial charge in [-0.25, -0.2) is 0 Å². The third kappa shape index (κ3) is 3.58. The topological polar surface area (TPSA) is 84.6 Å². The van der Waals surface area contributed by atoms with Gasteiger partial charge in [-0.3, -0.25) is 4.79 Å². The number of hydrogen-bond donors (Lipinski definition) is 3. The van der Waals surface area contributed by atoms with Gasteiger partial charge in [0.15, 0.2) is 0 Å². The van der Waals surface area contributed by atoms with Gasteiger partial charge in [0.2, 0.25) is 0 Å². The quantitative estimate of drug-likeness (QED) is 0.598. The molecule has 0 atom stereocenters. The van der Waals surface area contributed by atoms with Crippen molar-refractivity contribution in [2.45, 2.75) is 6.54 Å². The monoisotopic (exact) mass is 306 g/mol. The molecule has 0 spiro atoms. The maximum atomic E-state index is 12.2. The molecule has 110 valence electrons. The molecule has 21 heavy (non-hydrogen) atoms. The number of benzene rings is 2. The number of anilines is 1. The molecule has 2 rings (SSSR count). The summed E-state index contributed by atoms with van der Waals surface area (Å²) in [5.74, 6) is 0.146. The van der Waals surface area contributed by atoms with Crippen molar-refractivity contribution in [2.24, 2.45) is 0 Å². The lowest BCUT2D eigenvalue weighted by Gasteiger charge is -2.11. The zero-order chi connectivity index (χ0) is 15.4. The molecule has 6 heteroatoms. The molecule has 1 amide bonds. The molecule has 0 aliphatic carbocycles. The van der Waals surface area contributed by atoms with Crippen LogP contribution in [-0.2, 0) is 6.54 Å². The van der Waals surface area contributed by atoms with E-state index in [2.05, 4.69) is 5.32 Å². The van der Waals surface area contributed by atoms with E-state index in [0.717, 1.165) is 0 Å². The van der Waals surface area contributed by atoms with Crippen LogP contribution >= 0.6 is 11.6 Å². The highest BCUT2D eigenvalue weighted by molar-refractivity contribution is 6.31. The predicted molar refractivity (Wildman–Crippen MR) is 81.7 cm³/mol. The Bertz CT molecular complexity index is 674. The fourth-order valence-electron chi connectivity index (χ4n) is 1.88. The summed E-state index contributed by atoms with van der Waals surface area (Å²) in [5, 5.41) is 12.8. The Morgan fingerprint density at radius 2 is 2.10 bits per heavy atom. The summed E-state index contributed by atoms with van der Waals surface area (Å²) in [7, 11) is 1.48. The first-order chi connectivity index (χ1) is 10.0. The van der Waals surface area contributed by atoms with Gasteiger partial charge in [-0.1, -0.05) is 11.6 Å². The molecule has 4 N–H and O–H groups in total.